The highest BCUT2D eigenvalue weighted by atomic mass is 16.5. The summed E-state index contributed by atoms with van der Waals surface area (Å²) in [7, 11) is 0. The second kappa shape index (κ2) is 9.42. The molecule has 0 saturated carbocycles. The summed E-state index contributed by atoms with van der Waals surface area (Å²) in [6.45, 7) is 1.98. The lowest BCUT2D eigenvalue weighted by molar-refractivity contribution is -0.0659. The minimum absolute atomic E-state index is 0.187. The molecule has 1 atom stereocenters. The van der Waals surface area contributed by atoms with Crippen LogP contribution in [-0.4, -0.2) is 43.7 Å². The van der Waals surface area contributed by atoms with Gasteiger partial charge in [0.15, 0.2) is 0 Å². The van der Waals surface area contributed by atoms with Gasteiger partial charge < -0.3 is 24.6 Å². The molecule has 2 aromatic rings. The molecule has 25 heavy (non-hydrogen) atoms. The van der Waals surface area contributed by atoms with Crippen molar-refractivity contribution in [2.45, 2.75) is 25.0 Å². The Morgan fingerprint density at radius 2 is 1.64 bits per heavy atom. The largest absolute Gasteiger partial charge is 0.491 e. The lowest BCUT2D eigenvalue weighted by Gasteiger charge is -2.23. The van der Waals surface area contributed by atoms with Crippen molar-refractivity contribution in [3.8, 4) is 5.75 Å². The number of nitrogens with one attached hydrogen (secondary N) is 1. The van der Waals surface area contributed by atoms with Crippen LogP contribution in [0.4, 0.5) is 11.4 Å². The SMILES string of the molecule is OC(COc1ccc(Nc2ccccc2)cc1)COC1CCOCC1. The molecule has 0 radical (unpaired) electrons. The highest BCUT2D eigenvalue weighted by Gasteiger charge is 2.16. The van der Waals surface area contributed by atoms with Gasteiger partial charge in [-0.1, -0.05) is 18.2 Å². The maximum Gasteiger partial charge on any atom is 0.119 e. The quantitative estimate of drug-likeness (QED) is 0.770. The summed E-state index contributed by atoms with van der Waals surface area (Å²) in [5, 5.41) is 13.3. The molecular weight excluding hydrogens is 318 g/mol. The predicted molar refractivity (Wildman–Crippen MR) is 97.5 cm³/mol. The van der Waals surface area contributed by atoms with E-state index in [1.807, 2.05) is 54.6 Å². The standard InChI is InChI=1S/C20H25NO4/c22-18(15-25-20-10-12-23-13-11-20)14-24-19-8-6-17(7-9-19)21-16-4-2-1-3-5-16/h1-9,18,20-22H,10-15H2. The van der Waals surface area contributed by atoms with Gasteiger partial charge in [-0.15, -0.1) is 0 Å². The molecule has 3 rings (SSSR count). The molecule has 2 aromatic carbocycles. The Kier molecular flexibility index (Phi) is 6.68. The van der Waals surface area contributed by atoms with Crippen LogP contribution in [0.25, 0.3) is 0 Å². The van der Waals surface area contributed by atoms with Crippen molar-refractivity contribution in [3.05, 3.63) is 54.6 Å². The Morgan fingerprint density at radius 1 is 0.960 bits per heavy atom. The normalized spacial score (nSPS) is 16.4. The summed E-state index contributed by atoms with van der Waals surface area (Å²) in [6, 6.07) is 17.7. The highest BCUT2D eigenvalue weighted by molar-refractivity contribution is 5.59. The molecule has 0 aliphatic carbocycles. The van der Waals surface area contributed by atoms with E-state index in [4.69, 9.17) is 14.2 Å². The first-order chi connectivity index (χ1) is 12.3. The molecule has 0 spiro atoms. The van der Waals surface area contributed by atoms with Crippen LogP contribution in [0.1, 0.15) is 12.8 Å². The van der Waals surface area contributed by atoms with Crippen LogP contribution in [0.15, 0.2) is 54.6 Å². The monoisotopic (exact) mass is 343 g/mol. The fraction of sp³-hybridized carbons (Fsp3) is 0.400. The third-order valence-corrected chi connectivity index (χ3v) is 4.05. The zero-order chi connectivity index (χ0) is 17.3. The van der Waals surface area contributed by atoms with E-state index in [1.54, 1.807) is 0 Å². The molecule has 0 bridgehead atoms. The van der Waals surface area contributed by atoms with Crippen molar-refractivity contribution in [1.82, 2.24) is 0 Å². The average molecular weight is 343 g/mol. The molecule has 0 amide bonds. The molecule has 1 unspecified atom stereocenters. The van der Waals surface area contributed by atoms with E-state index in [-0.39, 0.29) is 19.3 Å². The molecule has 1 saturated heterocycles. The second-order valence-corrected chi connectivity index (χ2v) is 6.13. The van der Waals surface area contributed by atoms with Crippen molar-refractivity contribution in [2.24, 2.45) is 0 Å². The van der Waals surface area contributed by atoms with Gasteiger partial charge in [0.1, 0.15) is 18.5 Å². The van der Waals surface area contributed by atoms with E-state index >= 15 is 0 Å². The fourth-order valence-electron chi connectivity index (χ4n) is 2.65. The van der Waals surface area contributed by atoms with Gasteiger partial charge in [-0.05, 0) is 49.2 Å². The van der Waals surface area contributed by atoms with Crippen LogP contribution < -0.4 is 10.1 Å². The number of rotatable bonds is 8. The van der Waals surface area contributed by atoms with Gasteiger partial charge in [-0.25, -0.2) is 0 Å². The first-order valence-electron chi connectivity index (χ1n) is 8.72. The van der Waals surface area contributed by atoms with Crippen molar-refractivity contribution >= 4 is 11.4 Å². The van der Waals surface area contributed by atoms with Gasteiger partial charge in [0.25, 0.3) is 0 Å². The second-order valence-electron chi connectivity index (χ2n) is 6.13. The summed E-state index contributed by atoms with van der Waals surface area (Å²) in [6.07, 6.45) is 1.34. The van der Waals surface area contributed by atoms with Crippen LogP contribution in [-0.2, 0) is 9.47 Å². The van der Waals surface area contributed by atoms with Crippen LogP contribution in [0, 0.1) is 0 Å². The molecule has 5 nitrogen and oxygen atoms in total. The molecule has 0 aromatic heterocycles. The zero-order valence-electron chi connectivity index (χ0n) is 14.3. The van der Waals surface area contributed by atoms with E-state index < -0.39 is 6.10 Å². The Balaban J connectivity index is 1.39. The van der Waals surface area contributed by atoms with E-state index in [9.17, 15) is 5.11 Å². The Morgan fingerprint density at radius 3 is 2.36 bits per heavy atom. The Bertz CT molecular complexity index is 611. The van der Waals surface area contributed by atoms with Gasteiger partial charge in [-0.3, -0.25) is 0 Å². The van der Waals surface area contributed by atoms with Crippen molar-refractivity contribution < 1.29 is 19.3 Å². The first-order valence-corrected chi connectivity index (χ1v) is 8.72. The Hall–Kier alpha value is -2.08. The molecule has 1 heterocycles. The van der Waals surface area contributed by atoms with Gasteiger partial charge in [0, 0.05) is 24.6 Å². The lowest BCUT2D eigenvalue weighted by atomic mass is 10.1. The van der Waals surface area contributed by atoms with E-state index in [0.29, 0.717) is 0 Å². The predicted octanol–water partition coefficient (Wildman–Crippen LogP) is 3.37. The van der Waals surface area contributed by atoms with E-state index in [0.717, 1.165) is 43.2 Å². The number of aliphatic hydroxyl groups excluding tert-OH is 1. The number of hydrogen-bond acceptors (Lipinski definition) is 5. The van der Waals surface area contributed by atoms with Crippen LogP contribution in [0.2, 0.25) is 0 Å². The molecule has 1 aliphatic heterocycles. The van der Waals surface area contributed by atoms with Crippen LogP contribution in [0.5, 0.6) is 5.75 Å². The maximum atomic E-state index is 10.00. The zero-order valence-corrected chi connectivity index (χ0v) is 14.3. The number of anilines is 2. The minimum atomic E-state index is -0.634. The minimum Gasteiger partial charge on any atom is -0.491 e. The van der Waals surface area contributed by atoms with E-state index in [2.05, 4.69) is 5.32 Å². The topological polar surface area (TPSA) is 60.0 Å². The van der Waals surface area contributed by atoms with Gasteiger partial charge in [-0.2, -0.15) is 0 Å². The number of para-hydroxylation sites is 1. The number of hydrogen-bond donors (Lipinski definition) is 2. The summed E-state index contributed by atoms with van der Waals surface area (Å²) >= 11 is 0. The maximum absolute atomic E-state index is 10.00. The van der Waals surface area contributed by atoms with Gasteiger partial charge >= 0.3 is 0 Å². The Labute approximate surface area is 148 Å². The number of aliphatic hydroxyl groups is 1. The van der Waals surface area contributed by atoms with Crippen LogP contribution in [0.3, 0.4) is 0 Å². The van der Waals surface area contributed by atoms with Gasteiger partial charge in [0.05, 0.1) is 12.7 Å². The molecule has 1 aliphatic rings. The summed E-state index contributed by atoms with van der Waals surface area (Å²) in [5.41, 5.74) is 2.03. The van der Waals surface area contributed by atoms with Crippen molar-refractivity contribution in [1.29, 1.82) is 0 Å². The average Bonchev–Trinajstić information content (AvgIpc) is 2.67. The number of benzene rings is 2. The lowest BCUT2D eigenvalue weighted by Crippen LogP contribution is -2.30. The van der Waals surface area contributed by atoms with Crippen molar-refractivity contribution in [2.75, 3.05) is 31.7 Å². The van der Waals surface area contributed by atoms with Crippen molar-refractivity contribution in [3.63, 3.8) is 0 Å². The number of ether oxygens (including phenoxy) is 3. The summed E-state index contributed by atoms with van der Waals surface area (Å²) in [4.78, 5) is 0. The third-order valence-electron chi connectivity index (χ3n) is 4.05. The summed E-state index contributed by atoms with van der Waals surface area (Å²) < 4.78 is 16.6. The van der Waals surface area contributed by atoms with Crippen LogP contribution >= 0.6 is 0 Å². The highest BCUT2D eigenvalue weighted by Crippen LogP contribution is 2.20. The van der Waals surface area contributed by atoms with Gasteiger partial charge in [0.2, 0.25) is 0 Å². The first kappa shape index (κ1) is 17.7. The molecule has 1 fully saturated rings. The molecule has 5 heteroatoms. The third kappa shape index (κ3) is 6.05. The summed E-state index contributed by atoms with van der Waals surface area (Å²) in [5.74, 6) is 0.726. The van der Waals surface area contributed by atoms with E-state index in [1.165, 1.54) is 0 Å². The molecule has 134 valence electrons. The smallest absolute Gasteiger partial charge is 0.119 e. The fourth-order valence-corrected chi connectivity index (χ4v) is 2.65. The molecule has 2 N–H and O–H groups in total. The molecular formula is C20H25NO4.